The van der Waals surface area contributed by atoms with Gasteiger partial charge in [0.15, 0.2) is 0 Å². The van der Waals surface area contributed by atoms with Crippen molar-refractivity contribution >= 4 is 5.97 Å². The fourth-order valence-corrected chi connectivity index (χ4v) is 0.771. The zero-order valence-corrected chi connectivity index (χ0v) is 8.24. The third-order valence-corrected chi connectivity index (χ3v) is 1.55. The number of carbonyl (C=O) groups is 1. The summed E-state index contributed by atoms with van der Waals surface area (Å²) in [6.07, 6.45) is 1.52. The summed E-state index contributed by atoms with van der Waals surface area (Å²) in [5.41, 5.74) is -0.167. The quantitative estimate of drug-likeness (QED) is 0.605. The summed E-state index contributed by atoms with van der Waals surface area (Å²) >= 11 is 0. The minimum atomic E-state index is -0.511. The Morgan fingerprint density at radius 3 is 2.54 bits per heavy atom. The molecule has 0 spiro atoms. The largest absolute Gasteiger partial charge is 0.463 e. The van der Waals surface area contributed by atoms with Crippen molar-refractivity contribution in [1.29, 1.82) is 0 Å². The van der Waals surface area contributed by atoms with Crippen LogP contribution in [-0.4, -0.2) is 27.8 Å². The normalized spacial score (nSPS) is 11.4. The molecular formula is C8H13N3O2. The zero-order valence-electron chi connectivity index (χ0n) is 8.24. The van der Waals surface area contributed by atoms with E-state index in [9.17, 15) is 4.79 Å². The van der Waals surface area contributed by atoms with E-state index in [0.717, 1.165) is 0 Å². The van der Waals surface area contributed by atoms with E-state index in [0.29, 0.717) is 0 Å². The summed E-state index contributed by atoms with van der Waals surface area (Å²) < 4.78 is 6.11. The molecule has 0 saturated carbocycles. The first kappa shape index (κ1) is 9.70. The highest BCUT2D eigenvalue weighted by Gasteiger charge is 2.18. The van der Waals surface area contributed by atoms with E-state index >= 15 is 0 Å². The van der Waals surface area contributed by atoms with Crippen molar-refractivity contribution in [3.8, 4) is 0 Å². The second kappa shape index (κ2) is 3.16. The summed E-state index contributed by atoms with van der Waals surface area (Å²) in [6, 6.07) is 0. The van der Waals surface area contributed by atoms with Gasteiger partial charge in [-0.1, -0.05) is 0 Å². The average Bonchev–Trinajstić information content (AvgIpc) is 2.50. The van der Waals surface area contributed by atoms with Crippen LogP contribution in [0.5, 0.6) is 0 Å². The lowest BCUT2D eigenvalue weighted by molar-refractivity contribution is 0.0586. The molecule has 0 fully saturated rings. The number of esters is 1. The van der Waals surface area contributed by atoms with Gasteiger partial charge in [0.1, 0.15) is 6.33 Å². The Hall–Kier alpha value is -1.39. The van der Waals surface area contributed by atoms with Crippen LogP contribution in [0.15, 0.2) is 6.33 Å². The SMILES string of the molecule is COC(=O)c1ncn(C(C)(C)C)n1. The van der Waals surface area contributed by atoms with Gasteiger partial charge in [-0.05, 0) is 20.8 Å². The van der Waals surface area contributed by atoms with Crippen LogP contribution < -0.4 is 0 Å². The van der Waals surface area contributed by atoms with E-state index in [4.69, 9.17) is 0 Å². The minimum Gasteiger partial charge on any atom is -0.463 e. The number of hydrogen-bond donors (Lipinski definition) is 0. The van der Waals surface area contributed by atoms with Crippen LogP contribution in [0.2, 0.25) is 0 Å². The number of carbonyl (C=O) groups excluding carboxylic acids is 1. The number of nitrogens with zero attached hydrogens (tertiary/aromatic N) is 3. The molecule has 5 nitrogen and oxygen atoms in total. The van der Waals surface area contributed by atoms with E-state index in [2.05, 4.69) is 14.8 Å². The predicted molar refractivity (Wildman–Crippen MR) is 46.4 cm³/mol. The lowest BCUT2D eigenvalue weighted by Crippen LogP contribution is -2.22. The Bertz CT molecular complexity index is 311. The summed E-state index contributed by atoms with van der Waals surface area (Å²) in [6.45, 7) is 5.92. The van der Waals surface area contributed by atoms with Crippen molar-refractivity contribution in [2.24, 2.45) is 0 Å². The highest BCUT2D eigenvalue weighted by Crippen LogP contribution is 2.10. The maximum atomic E-state index is 11.0. The molecule has 0 bridgehead atoms. The van der Waals surface area contributed by atoms with Gasteiger partial charge in [0.2, 0.25) is 0 Å². The second-order valence-electron chi connectivity index (χ2n) is 3.68. The molecule has 0 N–H and O–H groups in total. The fraction of sp³-hybridized carbons (Fsp3) is 0.625. The highest BCUT2D eigenvalue weighted by molar-refractivity contribution is 5.84. The molecule has 0 amide bonds. The molecule has 0 aliphatic heterocycles. The van der Waals surface area contributed by atoms with Gasteiger partial charge in [0.05, 0.1) is 12.6 Å². The Kier molecular flexibility index (Phi) is 2.36. The molecule has 0 atom stereocenters. The summed E-state index contributed by atoms with van der Waals surface area (Å²) in [5.74, 6) is -0.416. The summed E-state index contributed by atoms with van der Waals surface area (Å²) in [5, 5.41) is 3.98. The van der Waals surface area contributed by atoms with Gasteiger partial charge in [0, 0.05) is 0 Å². The second-order valence-corrected chi connectivity index (χ2v) is 3.68. The summed E-state index contributed by atoms with van der Waals surface area (Å²) in [4.78, 5) is 14.8. The van der Waals surface area contributed by atoms with Crippen molar-refractivity contribution in [3.05, 3.63) is 12.2 Å². The van der Waals surface area contributed by atoms with E-state index < -0.39 is 5.97 Å². The zero-order chi connectivity index (χ0) is 10.1. The van der Waals surface area contributed by atoms with Gasteiger partial charge in [-0.15, -0.1) is 5.10 Å². The topological polar surface area (TPSA) is 57.0 Å². The molecule has 0 aliphatic rings. The molecule has 13 heavy (non-hydrogen) atoms. The minimum absolute atomic E-state index is 0.0948. The Morgan fingerprint density at radius 1 is 1.54 bits per heavy atom. The van der Waals surface area contributed by atoms with E-state index in [-0.39, 0.29) is 11.4 Å². The highest BCUT2D eigenvalue weighted by atomic mass is 16.5. The molecule has 72 valence electrons. The first-order valence-corrected chi connectivity index (χ1v) is 3.95. The maximum absolute atomic E-state index is 11.0. The van der Waals surface area contributed by atoms with Crippen molar-refractivity contribution in [2.75, 3.05) is 7.11 Å². The maximum Gasteiger partial charge on any atom is 0.377 e. The van der Waals surface area contributed by atoms with E-state index in [1.54, 1.807) is 4.68 Å². The smallest absolute Gasteiger partial charge is 0.377 e. The lowest BCUT2D eigenvalue weighted by atomic mass is 10.1. The van der Waals surface area contributed by atoms with Crippen LogP contribution in [-0.2, 0) is 10.3 Å². The van der Waals surface area contributed by atoms with Crippen molar-refractivity contribution in [3.63, 3.8) is 0 Å². The number of methoxy groups -OCH3 is 1. The van der Waals surface area contributed by atoms with Crippen molar-refractivity contribution in [2.45, 2.75) is 26.3 Å². The molecule has 0 unspecified atom stereocenters. The van der Waals surface area contributed by atoms with Gasteiger partial charge in [-0.25, -0.2) is 14.5 Å². The van der Waals surface area contributed by atoms with Crippen LogP contribution in [0.4, 0.5) is 0 Å². The lowest BCUT2D eigenvalue weighted by Gasteiger charge is -2.17. The monoisotopic (exact) mass is 183 g/mol. The van der Waals surface area contributed by atoms with E-state index in [1.807, 2.05) is 20.8 Å². The molecule has 1 heterocycles. The third kappa shape index (κ3) is 2.05. The number of rotatable bonds is 1. The molecule has 0 aromatic carbocycles. The average molecular weight is 183 g/mol. The van der Waals surface area contributed by atoms with Crippen molar-refractivity contribution < 1.29 is 9.53 Å². The van der Waals surface area contributed by atoms with Crippen LogP contribution in [0.1, 0.15) is 31.4 Å². The van der Waals surface area contributed by atoms with Crippen LogP contribution >= 0.6 is 0 Å². The molecule has 1 aromatic heterocycles. The van der Waals surface area contributed by atoms with Gasteiger partial charge in [-0.2, -0.15) is 0 Å². The number of hydrogen-bond acceptors (Lipinski definition) is 4. The molecule has 0 saturated heterocycles. The summed E-state index contributed by atoms with van der Waals surface area (Å²) in [7, 11) is 1.31. The molecule has 0 aliphatic carbocycles. The number of aromatic nitrogens is 3. The third-order valence-electron chi connectivity index (χ3n) is 1.55. The molecule has 1 aromatic rings. The molecule has 5 heteroatoms. The fourth-order valence-electron chi connectivity index (χ4n) is 0.771. The van der Waals surface area contributed by atoms with Gasteiger partial charge >= 0.3 is 5.97 Å². The van der Waals surface area contributed by atoms with Gasteiger partial charge in [0.25, 0.3) is 5.82 Å². The number of ether oxygens (including phenoxy) is 1. The molecule has 0 radical (unpaired) electrons. The Labute approximate surface area is 76.7 Å². The molecule has 1 rings (SSSR count). The van der Waals surface area contributed by atoms with Crippen LogP contribution in [0.25, 0.3) is 0 Å². The standard InChI is InChI=1S/C8H13N3O2/c1-8(2,3)11-5-9-6(10-11)7(12)13-4/h5H,1-4H3. The Morgan fingerprint density at radius 2 is 2.15 bits per heavy atom. The van der Waals surface area contributed by atoms with Crippen molar-refractivity contribution in [1.82, 2.24) is 14.8 Å². The van der Waals surface area contributed by atoms with E-state index in [1.165, 1.54) is 13.4 Å². The van der Waals surface area contributed by atoms with Gasteiger partial charge < -0.3 is 4.74 Å². The first-order valence-electron chi connectivity index (χ1n) is 3.95. The first-order chi connectivity index (χ1) is 5.95. The van der Waals surface area contributed by atoms with Gasteiger partial charge in [-0.3, -0.25) is 0 Å². The van der Waals surface area contributed by atoms with Crippen LogP contribution in [0.3, 0.4) is 0 Å². The molecular weight excluding hydrogens is 170 g/mol. The predicted octanol–water partition coefficient (Wildman–Crippen LogP) is 0.820. The van der Waals surface area contributed by atoms with Crippen LogP contribution in [0, 0.1) is 0 Å². The Balaban J connectivity index is 2.93.